The maximum absolute atomic E-state index is 11.9. The van der Waals surface area contributed by atoms with Crippen LogP contribution >= 0.6 is 0 Å². The Morgan fingerprint density at radius 3 is 1.80 bits per heavy atom. The van der Waals surface area contributed by atoms with E-state index in [1.165, 1.54) is 6.92 Å². The molecule has 1 nitrogen and oxygen atoms in total. The minimum absolute atomic E-state index is 0.375. The van der Waals surface area contributed by atoms with Gasteiger partial charge in [-0.05, 0) is 19.1 Å². The van der Waals surface area contributed by atoms with Gasteiger partial charge in [0.05, 0.1) is 5.56 Å². The van der Waals surface area contributed by atoms with Crippen molar-refractivity contribution in [3.63, 3.8) is 0 Å². The van der Waals surface area contributed by atoms with Crippen LogP contribution in [0.3, 0.4) is 0 Å². The normalized spacial score (nSPS) is 9.33. The second kappa shape index (κ2) is 8.26. The van der Waals surface area contributed by atoms with E-state index in [-0.39, 0.29) is 0 Å². The van der Waals surface area contributed by atoms with Gasteiger partial charge in [-0.25, -0.2) is 0 Å². The number of pyridine rings is 1. The zero-order chi connectivity index (χ0) is 12.5. The molecule has 1 heterocycles. The molecule has 0 aliphatic heterocycles. The molecule has 0 atom stereocenters. The van der Waals surface area contributed by atoms with Crippen molar-refractivity contribution in [1.29, 1.82) is 0 Å². The molecule has 0 bridgehead atoms. The molecule has 0 aliphatic carbocycles. The van der Waals surface area contributed by atoms with Crippen LogP contribution in [0.4, 0.5) is 13.2 Å². The van der Waals surface area contributed by atoms with Gasteiger partial charge in [-0.3, -0.25) is 4.98 Å². The van der Waals surface area contributed by atoms with Gasteiger partial charge in [-0.1, -0.05) is 27.7 Å². The Hall–Kier alpha value is -1.06. The summed E-state index contributed by atoms with van der Waals surface area (Å²) in [6.07, 6.45) is -3.11. The van der Waals surface area contributed by atoms with Crippen molar-refractivity contribution < 1.29 is 13.2 Å². The number of nitrogens with zero attached hydrogens (tertiary/aromatic N) is 1. The molecular weight excluding hydrogens is 203 g/mol. The number of aromatic nitrogens is 1. The quantitative estimate of drug-likeness (QED) is 0.630. The molecule has 0 saturated heterocycles. The minimum Gasteiger partial charge on any atom is -0.262 e. The summed E-state index contributed by atoms with van der Waals surface area (Å²) in [6, 6.07) is 1.97. The van der Waals surface area contributed by atoms with Gasteiger partial charge >= 0.3 is 6.18 Å². The number of halogens is 3. The van der Waals surface area contributed by atoms with Crippen LogP contribution in [0.1, 0.15) is 39.0 Å². The van der Waals surface area contributed by atoms with Crippen molar-refractivity contribution >= 4 is 0 Å². The van der Waals surface area contributed by atoms with Gasteiger partial charge in [-0.2, -0.15) is 13.2 Å². The van der Waals surface area contributed by atoms with E-state index in [1.807, 2.05) is 27.7 Å². The third-order valence-electron chi connectivity index (χ3n) is 1.22. The minimum atomic E-state index is -4.26. The molecule has 0 aromatic carbocycles. The topological polar surface area (TPSA) is 12.9 Å². The van der Waals surface area contributed by atoms with E-state index in [2.05, 4.69) is 4.98 Å². The highest BCUT2D eigenvalue weighted by Gasteiger charge is 2.30. The highest BCUT2D eigenvalue weighted by molar-refractivity contribution is 5.18. The monoisotopic (exact) mass is 221 g/mol. The first kappa shape index (κ1) is 16.4. The molecule has 0 fully saturated rings. The summed E-state index contributed by atoms with van der Waals surface area (Å²) in [4.78, 5) is 3.65. The first-order valence-corrected chi connectivity index (χ1v) is 5.00. The maximum atomic E-state index is 11.9. The van der Waals surface area contributed by atoms with E-state index < -0.39 is 11.7 Å². The fraction of sp³-hybridized carbons (Fsp3) is 0.545. The lowest BCUT2D eigenvalue weighted by atomic mass is 10.2. The average Bonchev–Trinajstić information content (AvgIpc) is 2.23. The van der Waals surface area contributed by atoms with Gasteiger partial charge < -0.3 is 0 Å². The number of rotatable bonds is 0. The third-order valence-corrected chi connectivity index (χ3v) is 1.22. The number of hydrogen-bond donors (Lipinski definition) is 0. The fourth-order valence-electron chi connectivity index (χ4n) is 0.722. The zero-order valence-corrected chi connectivity index (χ0v) is 9.81. The van der Waals surface area contributed by atoms with Crippen LogP contribution in [0.25, 0.3) is 0 Å². The lowest BCUT2D eigenvalue weighted by Crippen LogP contribution is -2.05. The van der Waals surface area contributed by atoms with Crippen molar-refractivity contribution in [3.8, 4) is 0 Å². The van der Waals surface area contributed by atoms with Crippen LogP contribution in [0.15, 0.2) is 18.3 Å². The summed E-state index contributed by atoms with van der Waals surface area (Å²) in [5.74, 6) is 0. The van der Waals surface area contributed by atoms with Gasteiger partial charge in [0, 0.05) is 11.9 Å². The van der Waals surface area contributed by atoms with E-state index in [9.17, 15) is 13.2 Å². The first-order chi connectivity index (χ1) is 7.00. The molecule has 1 rings (SSSR count). The highest BCUT2D eigenvalue weighted by Crippen LogP contribution is 2.28. The zero-order valence-electron chi connectivity index (χ0n) is 9.81. The summed E-state index contributed by atoms with van der Waals surface area (Å²) in [6.45, 7) is 9.52. The largest absolute Gasteiger partial charge is 0.416 e. The van der Waals surface area contributed by atoms with Crippen LogP contribution in [0.2, 0.25) is 0 Å². The van der Waals surface area contributed by atoms with Crippen LogP contribution in [0.5, 0.6) is 0 Å². The van der Waals surface area contributed by atoms with Crippen molar-refractivity contribution in [2.75, 3.05) is 0 Å². The maximum Gasteiger partial charge on any atom is 0.416 e. The fourth-order valence-corrected chi connectivity index (χ4v) is 0.722. The van der Waals surface area contributed by atoms with Gasteiger partial charge in [0.15, 0.2) is 0 Å². The molecule has 15 heavy (non-hydrogen) atoms. The molecule has 0 unspecified atom stereocenters. The highest BCUT2D eigenvalue weighted by atomic mass is 19.4. The Balaban J connectivity index is 0. The van der Waals surface area contributed by atoms with Crippen LogP contribution in [0, 0.1) is 6.92 Å². The lowest BCUT2D eigenvalue weighted by molar-refractivity contribution is -0.137. The summed E-state index contributed by atoms with van der Waals surface area (Å²) >= 11 is 0. The molecule has 0 aliphatic rings. The molecule has 4 heteroatoms. The first-order valence-electron chi connectivity index (χ1n) is 5.00. The van der Waals surface area contributed by atoms with Gasteiger partial charge in [-0.15, -0.1) is 0 Å². The second-order valence-corrected chi connectivity index (χ2v) is 2.18. The van der Waals surface area contributed by atoms with E-state index in [4.69, 9.17) is 0 Å². The molecule has 1 aromatic rings. The Labute approximate surface area is 89.3 Å². The number of hydrogen-bond acceptors (Lipinski definition) is 1. The second-order valence-electron chi connectivity index (χ2n) is 2.18. The standard InChI is InChI=1S/C7H6F3N.2C2H6/c1-5-4-6(2-3-11-5)7(8,9)10;2*1-2/h2-4H,1H3;2*1-2H3. The average molecular weight is 221 g/mol. The molecule has 1 aromatic heterocycles. The third kappa shape index (κ3) is 6.94. The Bertz CT molecular complexity index is 256. The lowest BCUT2D eigenvalue weighted by Gasteiger charge is -2.05. The van der Waals surface area contributed by atoms with Crippen LogP contribution < -0.4 is 0 Å². The molecule has 0 spiro atoms. The van der Waals surface area contributed by atoms with Gasteiger partial charge in [0.1, 0.15) is 0 Å². The SMILES string of the molecule is CC.CC.Cc1cc(C(F)(F)F)ccn1. The summed E-state index contributed by atoms with van der Waals surface area (Å²) in [5.41, 5.74) is -0.273. The van der Waals surface area contributed by atoms with Crippen LogP contribution in [-0.2, 0) is 6.18 Å². The van der Waals surface area contributed by atoms with E-state index in [1.54, 1.807) is 0 Å². The van der Waals surface area contributed by atoms with E-state index in [0.29, 0.717) is 5.69 Å². The number of alkyl halides is 3. The van der Waals surface area contributed by atoms with Crippen molar-refractivity contribution in [2.24, 2.45) is 0 Å². The summed E-state index contributed by atoms with van der Waals surface area (Å²) in [5, 5.41) is 0. The van der Waals surface area contributed by atoms with Gasteiger partial charge in [0.25, 0.3) is 0 Å². The Morgan fingerprint density at radius 1 is 1.07 bits per heavy atom. The van der Waals surface area contributed by atoms with Gasteiger partial charge in [0.2, 0.25) is 0 Å². The summed E-state index contributed by atoms with van der Waals surface area (Å²) in [7, 11) is 0. The van der Waals surface area contributed by atoms with E-state index >= 15 is 0 Å². The Morgan fingerprint density at radius 2 is 1.53 bits per heavy atom. The summed E-state index contributed by atoms with van der Waals surface area (Å²) < 4.78 is 35.8. The van der Waals surface area contributed by atoms with Crippen molar-refractivity contribution in [3.05, 3.63) is 29.6 Å². The molecule has 0 N–H and O–H groups in total. The Kier molecular flexibility index (Phi) is 9.02. The predicted molar refractivity (Wildman–Crippen MR) is 56.7 cm³/mol. The van der Waals surface area contributed by atoms with Crippen LogP contribution in [-0.4, -0.2) is 4.98 Å². The molecule has 0 radical (unpaired) electrons. The predicted octanol–water partition coefficient (Wildman–Crippen LogP) is 4.46. The molecule has 0 saturated carbocycles. The number of aryl methyl sites for hydroxylation is 1. The van der Waals surface area contributed by atoms with E-state index in [0.717, 1.165) is 18.3 Å². The molecule has 88 valence electrons. The molecular formula is C11H18F3N. The van der Waals surface area contributed by atoms with Crippen molar-refractivity contribution in [2.45, 2.75) is 40.8 Å². The van der Waals surface area contributed by atoms with Crippen molar-refractivity contribution in [1.82, 2.24) is 4.98 Å². The smallest absolute Gasteiger partial charge is 0.262 e. The molecule has 0 amide bonds.